The molecule has 0 fully saturated rings. The van der Waals surface area contributed by atoms with Gasteiger partial charge >= 0.3 is 0 Å². The van der Waals surface area contributed by atoms with E-state index >= 15 is 0 Å². The minimum Gasteiger partial charge on any atom is -0.336 e. The lowest BCUT2D eigenvalue weighted by molar-refractivity contribution is -0.130. The van der Waals surface area contributed by atoms with Crippen molar-refractivity contribution in [3.8, 4) is 0 Å². The van der Waals surface area contributed by atoms with Crippen LogP contribution < -0.4 is 0 Å². The van der Waals surface area contributed by atoms with Crippen LogP contribution in [0.25, 0.3) is 0 Å². The van der Waals surface area contributed by atoms with Gasteiger partial charge in [-0.3, -0.25) is 4.79 Å². The summed E-state index contributed by atoms with van der Waals surface area (Å²) in [7, 11) is 0. The summed E-state index contributed by atoms with van der Waals surface area (Å²) in [4.78, 5) is 21.9. The van der Waals surface area contributed by atoms with Crippen LogP contribution in [0.4, 0.5) is 0 Å². The molecule has 0 spiro atoms. The monoisotopic (exact) mass is 129 g/mol. The molecule has 0 saturated heterocycles. The summed E-state index contributed by atoms with van der Waals surface area (Å²) in [6.07, 6.45) is 0.727. The standard InChI is InChI=1S/C6H11NO2/c1-3-7(4-5-8)6(2)9/h5H,3-4H2,1-2H3. The lowest BCUT2D eigenvalue weighted by Crippen LogP contribution is -2.29. The number of nitrogens with zero attached hydrogens (tertiary/aromatic N) is 1. The summed E-state index contributed by atoms with van der Waals surface area (Å²) in [5, 5.41) is 0. The minimum atomic E-state index is -0.0513. The van der Waals surface area contributed by atoms with Gasteiger partial charge in [0, 0.05) is 13.5 Å². The van der Waals surface area contributed by atoms with Crippen molar-refractivity contribution in [3.63, 3.8) is 0 Å². The molecular formula is C6H11NO2. The van der Waals surface area contributed by atoms with Crippen LogP contribution in [0.3, 0.4) is 0 Å². The number of carbonyl (C=O) groups excluding carboxylic acids is 2. The quantitative estimate of drug-likeness (QED) is 0.505. The predicted octanol–water partition coefficient (Wildman–Crippen LogP) is 0.0537. The van der Waals surface area contributed by atoms with E-state index in [0.29, 0.717) is 6.54 Å². The average molecular weight is 129 g/mol. The van der Waals surface area contributed by atoms with E-state index in [1.54, 1.807) is 0 Å². The van der Waals surface area contributed by atoms with E-state index in [0.717, 1.165) is 6.29 Å². The fourth-order valence-electron chi connectivity index (χ4n) is 0.570. The van der Waals surface area contributed by atoms with Gasteiger partial charge in [-0.2, -0.15) is 0 Å². The molecule has 0 aromatic rings. The molecule has 0 unspecified atom stereocenters. The van der Waals surface area contributed by atoms with E-state index in [9.17, 15) is 9.59 Å². The van der Waals surface area contributed by atoms with E-state index in [4.69, 9.17) is 0 Å². The summed E-state index contributed by atoms with van der Waals surface area (Å²) in [5.74, 6) is -0.0513. The molecule has 0 aliphatic heterocycles. The van der Waals surface area contributed by atoms with Crippen LogP contribution in [0.1, 0.15) is 13.8 Å². The number of likely N-dealkylation sites (N-methyl/N-ethyl adjacent to an activating group) is 1. The smallest absolute Gasteiger partial charge is 0.219 e. The van der Waals surface area contributed by atoms with E-state index in [1.165, 1.54) is 11.8 Å². The summed E-state index contributed by atoms with van der Waals surface area (Å²) in [6, 6.07) is 0. The molecule has 9 heavy (non-hydrogen) atoms. The Balaban J connectivity index is 3.67. The fraction of sp³-hybridized carbons (Fsp3) is 0.667. The van der Waals surface area contributed by atoms with Crippen LogP contribution in [0.2, 0.25) is 0 Å². The summed E-state index contributed by atoms with van der Waals surface area (Å²) in [6.45, 7) is 4.11. The number of rotatable bonds is 3. The molecule has 0 bridgehead atoms. The number of hydrogen-bond acceptors (Lipinski definition) is 2. The molecule has 0 radical (unpaired) electrons. The minimum absolute atomic E-state index is 0.0513. The highest BCUT2D eigenvalue weighted by molar-refractivity contribution is 5.75. The first kappa shape index (κ1) is 8.14. The SMILES string of the molecule is CCN(CC=O)C(C)=O. The van der Waals surface area contributed by atoms with Crippen molar-refractivity contribution in [1.29, 1.82) is 0 Å². The van der Waals surface area contributed by atoms with Gasteiger partial charge in [-0.1, -0.05) is 0 Å². The summed E-state index contributed by atoms with van der Waals surface area (Å²) in [5.41, 5.74) is 0. The Labute approximate surface area is 54.6 Å². The van der Waals surface area contributed by atoms with E-state index in [2.05, 4.69) is 0 Å². The second-order valence-corrected chi connectivity index (χ2v) is 1.72. The van der Waals surface area contributed by atoms with Crippen molar-refractivity contribution in [2.45, 2.75) is 13.8 Å². The van der Waals surface area contributed by atoms with Crippen LogP contribution in [0, 0.1) is 0 Å². The number of aldehydes is 1. The highest BCUT2D eigenvalue weighted by Gasteiger charge is 2.02. The van der Waals surface area contributed by atoms with Crippen molar-refractivity contribution < 1.29 is 9.59 Å². The zero-order chi connectivity index (χ0) is 7.28. The van der Waals surface area contributed by atoms with Gasteiger partial charge in [0.05, 0.1) is 6.54 Å². The van der Waals surface area contributed by atoms with Crippen LogP contribution in [0.5, 0.6) is 0 Å². The Bertz CT molecular complexity index is 112. The second-order valence-electron chi connectivity index (χ2n) is 1.72. The lowest BCUT2D eigenvalue weighted by Gasteiger charge is -2.13. The molecule has 0 aliphatic rings. The molecule has 3 nitrogen and oxygen atoms in total. The first-order valence-corrected chi connectivity index (χ1v) is 2.91. The van der Waals surface area contributed by atoms with Gasteiger partial charge in [0.1, 0.15) is 6.29 Å². The Hall–Kier alpha value is -0.860. The average Bonchev–Trinajstić information content (AvgIpc) is 1.82. The van der Waals surface area contributed by atoms with Crippen LogP contribution in [0.15, 0.2) is 0 Å². The maximum atomic E-state index is 10.5. The fourth-order valence-corrected chi connectivity index (χ4v) is 0.570. The number of amides is 1. The second kappa shape index (κ2) is 4.06. The lowest BCUT2D eigenvalue weighted by atomic mass is 10.5. The third kappa shape index (κ3) is 2.85. The molecule has 0 N–H and O–H groups in total. The highest BCUT2D eigenvalue weighted by Crippen LogP contribution is 1.84. The molecule has 0 aromatic heterocycles. The van der Waals surface area contributed by atoms with Gasteiger partial charge in [-0.15, -0.1) is 0 Å². The Morgan fingerprint density at radius 1 is 1.67 bits per heavy atom. The van der Waals surface area contributed by atoms with Gasteiger partial charge in [-0.25, -0.2) is 0 Å². The molecule has 3 heteroatoms. The molecule has 0 rings (SSSR count). The molecule has 0 aliphatic carbocycles. The van der Waals surface area contributed by atoms with Crippen molar-refractivity contribution in [3.05, 3.63) is 0 Å². The molecule has 0 atom stereocenters. The van der Waals surface area contributed by atoms with E-state index in [-0.39, 0.29) is 12.5 Å². The van der Waals surface area contributed by atoms with Crippen molar-refractivity contribution in [2.75, 3.05) is 13.1 Å². The van der Waals surface area contributed by atoms with Gasteiger partial charge in [0.2, 0.25) is 5.91 Å². The van der Waals surface area contributed by atoms with Crippen molar-refractivity contribution in [1.82, 2.24) is 4.90 Å². The van der Waals surface area contributed by atoms with Gasteiger partial charge in [0.15, 0.2) is 0 Å². The molecule has 0 heterocycles. The van der Waals surface area contributed by atoms with Crippen molar-refractivity contribution in [2.24, 2.45) is 0 Å². The third-order valence-corrected chi connectivity index (χ3v) is 1.12. The highest BCUT2D eigenvalue weighted by atomic mass is 16.2. The molecule has 1 amide bonds. The van der Waals surface area contributed by atoms with E-state index < -0.39 is 0 Å². The normalized spacial score (nSPS) is 8.67. The molecule has 0 saturated carbocycles. The largest absolute Gasteiger partial charge is 0.336 e. The van der Waals surface area contributed by atoms with Gasteiger partial charge in [0.25, 0.3) is 0 Å². The number of carbonyl (C=O) groups is 2. The Morgan fingerprint density at radius 3 is 2.33 bits per heavy atom. The van der Waals surface area contributed by atoms with E-state index in [1.807, 2.05) is 6.92 Å². The molecular weight excluding hydrogens is 118 g/mol. The first-order chi connectivity index (χ1) is 4.22. The van der Waals surface area contributed by atoms with Crippen LogP contribution in [-0.4, -0.2) is 30.2 Å². The maximum absolute atomic E-state index is 10.5. The van der Waals surface area contributed by atoms with Crippen LogP contribution >= 0.6 is 0 Å². The molecule has 0 aromatic carbocycles. The van der Waals surface area contributed by atoms with Crippen LogP contribution in [-0.2, 0) is 9.59 Å². The molecule has 52 valence electrons. The zero-order valence-electron chi connectivity index (χ0n) is 5.76. The summed E-state index contributed by atoms with van der Waals surface area (Å²) >= 11 is 0. The zero-order valence-corrected chi connectivity index (χ0v) is 5.76. The van der Waals surface area contributed by atoms with Gasteiger partial charge in [-0.05, 0) is 6.92 Å². The first-order valence-electron chi connectivity index (χ1n) is 2.91. The summed E-state index contributed by atoms with van der Waals surface area (Å²) < 4.78 is 0. The Morgan fingerprint density at radius 2 is 2.22 bits per heavy atom. The predicted molar refractivity (Wildman–Crippen MR) is 34.0 cm³/mol. The van der Waals surface area contributed by atoms with Crippen molar-refractivity contribution >= 4 is 12.2 Å². The van der Waals surface area contributed by atoms with Gasteiger partial charge < -0.3 is 9.69 Å². The number of hydrogen-bond donors (Lipinski definition) is 0. The maximum Gasteiger partial charge on any atom is 0.219 e. The third-order valence-electron chi connectivity index (χ3n) is 1.12. The topological polar surface area (TPSA) is 37.4 Å². The Kier molecular flexibility index (Phi) is 3.67.